The minimum atomic E-state index is -0.359. The van der Waals surface area contributed by atoms with Gasteiger partial charge in [0.2, 0.25) is 5.91 Å². The zero-order chi connectivity index (χ0) is 13.7. The second-order valence-corrected chi connectivity index (χ2v) is 6.75. The van der Waals surface area contributed by atoms with E-state index in [4.69, 9.17) is 5.73 Å². The van der Waals surface area contributed by atoms with Crippen LogP contribution in [0.25, 0.3) is 0 Å². The van der Waals surface area contributed by atoms with Gasteiger partial charge >= 0.3 is 0 Å². The summed E-state index contributed by atoms with van der Waals surface area (Å²) in [6.45, 7) is 2.77. The number of halogens is 1. The lowest BCUT2D eigenvalue weighted by atomic mass is 10.1. The van der Waals surface area contributed by atoms with E-state index < -0.39 is 0 Å². The molecule has 3 nitrogen and oxygen atoms in total. The van der Waals surface area contributed by atoms with Crippen molar-refractivity contribution < 1.29 is 4.79 Å². The largest absolute Gasteiger partial charge is 0.353 e. The van der Waals surface area contributed by atoms with Crippen molar-refractivity contribution in [3.63, 3.8) is 0 Å². The van der Waals surface area contributed by atoms with E-state index in [0.29, 0.717) is 0 Å². The number of thioether (sulfide) groups is 1. The van der Waals surface area contributed by atoms with Gasteiger partial charge in [-0.05, 0) is 31.4 Å². The second kappa shape index (κ2) is 7.91. The average Bonchev–Trinajstić information content (AvgIpc) is 3.17. The van der Waals surface area contributed by atoms with Crippen LogP contribution >= 0.6 is 24.2 Å². The van der Waals surface area contributed by atoms with Crippen LogP contribution < -0.4 is 11.1 Å². The van der Waals surface area contributed by atoms with Crippen LogP contribution in [0.15, 0.2) is 35.2 Å². The Hall–Kier alpha value is -0.710. The van der Waals surface area contributed by atoms with E-state index in [1.807, 2.05) is 36.9 Å². The molecular weight excluding hydrogens is 292 g/mol. The number of hydrogen-bond donors (Lipinski definition) is 2. The number of nitrogens with one attached hydrogen (secondary N) is 1. The monoisotopic (exact) mass is 314 g/mol. The molecule has 0 spiro atoms. The Kier molecular flexibility index (Phi) is 6.86. The molecule has 0 aliphatic heterocycles. The molecule has 1 atom stereocenters. The molecule has 0 radical (unpaired) electrons. The van der Waals surface area contributed by atoms with Crippen LogP contribution in [0.1, 0.15) is 32.6 Å². The predicted molar refractivity (Wildman–Crippen MR) is 87.4 cm³/mol. The number of carbonyl (C=O) groups is 1. The summed E-state index contributed by atoms with van der Waals surface area (Å²) < 4.78 is 0.197. The molecule has 0 bridgehead atoms. The number of amides is 1. The van der Waals surface area contributed by atoms with Gasteiger partial charge in [0.1, 0.15) is 0 Å². The van der Waals surface area contributed by atoms with Crippen molar-refractivity contribution in [2.45, 2.75) is 48.3 Å². The van der Waals surface area contributed by atoms with Crippen LogP contribution in [0.5, 0.6) is 0 Å². The van der Waals surface area contributed by atoms with Gasteiger partial charge in [0, 0.05) is 16.2 Å². The number of nitrogens with two attached hydrogens (primary N) is 1. The lowest BCUT2D eigenvalue weighted by Crippen LogP contribution is -2.43. The summed E-state index contributed by atoms with van der Waals surface area (Å²) in [4.78, 5) is 13.1. The summed E-state index contributed by atoms with van der Waals surface area (Å²) in [6.07, 6.45) is 4.02. The van der Waals surface area contributed by atoms with E-state index in [-0.39, 0.29) is 29.1 Å². The Balaban J connectivity index is 0.00000200. The molecular formula is C15H23ClN2OS. The van der Waals surface area contributed by atoms with Crippen molar-refractivity contribution in [2.24, 2.45) is 5.73 Å². The molecule has 1 aromatic rings. The molecule has 0 aromatic heterocycles. The molecule has 112 valence electrons. The molecule has 1 aliphatic rings. The maximum absolute atomic E-state index is 11.8. The number of hydrogen-bond acceptors (Lipinski definition) is 3. The molecule has 1 aliphatic carbocycles. The van der Waals surface area contributed by atoms with Crippen molar-refractivity contribution in [1.82, 2.24) is 5.32 Å². The fourth-order valence-corrected chi connectivity index (χ4v) is 3.26. The fourth-order valence-electron chi connectivity index (χ4n) is 2.01. The zero-order valence-corrected chi connectivity index (χ0v) is 13.4. The molecule has 3 N–H and O–H groups in total. The summed E-state index contributed by atoms with van der Waals surface area (Å²) in [7, 11) is 0. The van der Waals surface area contributed by atoms with Gasteiger partial charge in [0.05, 0.1) is 6.04 Å². The molecule has 2 rings (SSSR count). The average molecular weight is 315 g/mol. The van der Waals surface area contributed by atoms with Gasteiger partial charge in [0.15, 0.2) is 0 Å². The van der Waals surface area contributed by atoms with Gasteiger partial charge in [-0.25, -0.2) is 0 Å². The van der Waals surface area contributed by atoms with E-state index >= 15 is 0 Å². The SMILES string of the molecule is CCCC(N)C(=O)NCC1(Sc2ccccc2)CC1.Cl. The molecule has 0 heterocycles. The standard InChI is InChI=1S/C15H22N2OS.ClH/c1-2-6-13(16)14(18)17-11-15(9-10-15)19-12-7-4-3-5-8-12;/h3-5,7-8,13H,2,6,9-11,16H2,1H3,(H,17,18);1H. The first-order valence-electron chi connectivity index (χ1n) is 6.92. The van der Waals surface area contributed by atoms with Crippen molar-refractivity contribution >= 4 is 30.1 Å². The van der Waals surface area contributed by atoms with E-state index in [0.717, 1.165) is 32.2 Å². The summed E-state index contributed by atoms with van der Waals surface area (Å²) in [6, 6.07) is 10.0. The van der Waals surface area contributed by atoms with E-state index in [1.54, 1.807) is 0 Å². The van der Waals surface area contributed by atoms with E-state index in [1.165, 1.54) is 4.90 Å². The highest BCUT2D eigenvalue weighted by Gasteiger charge is 2.44. The minimum absolute atomic E-state index is 0. The van der Waals surface area contributed by atoms with Gasteiger partial charge < -0.3 is 11.1 Å². The molecule has 5 heteroatoms. The lowest BCUT2D eigenvalue weighted by Gasteiger charge is -2.17. The maximum Gasteiger partial charge on any atom is 0.236 e. The normalized spacial score (nSPS) is 16.9. The highest BCUT2D eigenvalue weighted by Crippen LogP contribution is 2.51. The van der Waals surface area contributed by atoms with Crippen LogP contribution in [-0.2, 0) is 4.79 Å². The third kappa shape index (κ3) is 5.00. The number of carbonyl (C=O) groups excluding carboxylic acids is 1. The van der Waals surface area contributed by atoms with Crippen LogP contribution in [0.2, 0.25) is 0 Å². The summed E-state index contributed by atoms with van der Waals surface area (Å²) in [5.74, 6) is -0.0122. The Bertz CT molecular complexity index is 423. The molecule has 1 saturated carbocycles. The first-order valence-corrected chi connectivity index (χ1v) is 7.74. The second-order valence-electron chi connectivity index (χ2n) is 5.21. The van der Waals surface area contributed by atoms with Crippen molar-refractivity contribution in [3.05, 3.63) is 30.3 Å². The minimum Gasteiger partial charge on any atom is -0.353 e. The molecule has 1 aromatic carbocycles. The van der Waals surface area contributed by atoms with Crippen LogP contribution in [0.4, 0.5) is 0 Å². The van der Waals surface area contributed by atoms with Crippen molar-refractivity contribution in [2.75, 3.05) is 6.54 Å². The quantitative estimate of drug-likeness (QED) is 0.813. The van der Waals surface area contributed by atoms with Crippen molar-refractivity contribution in [3.8, 4) is 0 Å². The van der Waals surface area contributed by atoms with Gasteiger partial charge in [0.25, 0.3) is 0 Å². The Morgan fingerprint density at radius 2 is 2.05 bits per heavy atom. The Labute approximate surface area is 131 Å². The highest BCUT2D eigenvalue weighted by molar-refractivity contribution is 8.01. The van der Waals surface area contributed by atoms with E-state index in [2.05, 4.69) is 17.4 Å². The molecule has 1 unspecified atom stereocenters. The maximum atomic E-state index is 11.8. The van der Waals surface area contributed by atoms with Gasteiger partial charge in [-0.15, -0.1) is 24.2 Å². The Morgan fingerprint density at radius 1 is 1.40 bits per heavy atom. The zero-order valence-electron chi connectivity index (χ0n) is 11.8. The smallest absolute Gasteiger partial charge is 0.236 e. The first-order chi connectivity index (χ1) is 9.15. The Morgan fingerprint density at radius 3 is 2.60 bits per heavy atom. The molecule has 1 amide bonds. The lowest BCUT2D eigenvalue weighted by molar-refractivity contribution is -0.122. The molecule has 20 heavy (non-hydrogen) atoms. The fraction of sp³-hybridized carbons (Fsp3) is 0.533. The van der Waals surface area contributed by atoms with Crippen LogP contribution in [0.3, 0.4) is 0 Å². The number of rotatable bonds is 7. The first kappa shape index (κ1) is 17.3. The number of benzene rings is 1. The third-order valence-electron chi connectivity index (χ3n) is 3.41. The van der Waals surface area contributed by atoms with Crippen molar-refractivity contribution in [1.29, 1.82) is 0 Å². The summed E-state index contributed by atoms with van der Waals surface area (Å²) in [5, 5.41) is 3.01. The highest BCUT2D eigenvalue weighted by atomic mass is 35.5. The van der Waals surface area contributed by atoms with E-state index in [9.17, 15) is 4.79 Å². The summed E-state index contributed by atoms with van der Waals surface area (Å²) in [5.41, 5.74) is 5.81. The summed E-state index contributed by atoms with van der Waals surface area (Å²) >= 11 is 1.87. The topological polar surface area (TPSA) is 55.1 Å². The third-order valence-corrected chi connectivity index (χ3v) is 4.90. The van der Waals surface area contributed by atoms with Crippen LogP contribution in [-0.4, -0.2) is 23.2 Å². The van der Waals surface area contributed by atoms with Crippen LogP contribution in [0, 0.1) is 0 Å². The predicted octanol–water partition coefficient (Wildman–Crippen LogP) is 2.98. The molecule has 0 saturated heterocycles. The van der Waals surface area contributed by atoms with Gasteiger partial charge in [-0.3, -0.25) is 4.79 Å². The molecule has 1 fully saturated rings. The van der Waals surface area contributed by atoms with Gasteiger partial charge in [-0.1, -0.05) is 31.5 Å². The van der Waals surface area contributed by atoms with Gasteiger partial charge in [-0.2, -0.15) is 0 Å².